The monoisotopic (exact) mass is 198 g/mol. The summed E-state index contributed by atoms with van der Waals surface area (Å²) in [4.78, 5) is 43.0. The summed E-state index contributed by atoms with van der Waals surface area (Å²) in [7, 11) is 0. The first-order chi connectivity index (χ1) is 6.63. The minimum atomic E-state index is -0.393. The number of nitrogens with zero attached hydrogens (tertiary/aromatic N) is 1. The van der Waals surface area contributed by atoms with Gasteiger partial charge in [0.15, 0.2) is 5.78 Å². The Morgan fingerprint density at radius 1 is 1.43 bits per heavy atom. The summed E-state index contributed by atoms with van der Waals surface area (Å²) in [5, 5.41) is 0.956. The van der Waals surface area contributed by atoms with Gasteiger partial charge in [-0.25, -0.2) is 5.01 Å². The maximum atomic E-state index is 11.2. The molecule has 14 heavy (non-hydrogen) atoms. The lowest BCUT2D eigenvalue weighted by atomic mass is 10.2. The van der Waals surface area contributed by atoms with E-state index >= 15 is 0 Å². The molecule has 1 aliphatic heterocycles. The normalized spacial score (nSPS) is 16.4. The average molecular weight is 198 g/mol. The lowest BCUT2D eigenvalue weighted by Gasteiger charge is -2.26. The quantitative estimate of drug-likeness (QED) is 0.454. The Labute approximate surface area is 80.2 Å². The van der Waals surface area contributed by atoms with Crippen molar-refractivity contribution in [2.45, 2.75) is 19.3 Å². The van der Waals surface area contributed by atoms with Gasteiger partial charge in [0.1, 0.15) is 12.8 Å². The van der Waals surface area contributed by atoms with E-state index in [2.05, 4.69) is 5.43 Å². The number of amides is 2. The zero-order valence-corrected chi connectivity index (χ0v) is 7.49. The van der Waals surface area contributed by atoms with Crippen LogP contribution in [-0.4, -0.2) is 35.4 Å². The van der Waals surface area contributed by atoms with Crippen molar-refractivity contribution < 1.29 is 19.2 Å². The molecule has 0 unspecified atom stereocenters. The van der Waals surface area contributed by atoms with Crippen LogP contribution in [0.25, 0.3) is 0 Å². The summed E-state index contributed by atoms with van der Waals surface area (Å²) in [6.45, 7) is -0.233. The molecule has 1 saturated heterocycles. The Bertz CT molecular complexity index is 287. The molecule has 1 fully saturated rings. The van der Waals surface area contributed by atoms with Crippen LogP contribution in [0.3, 0.4) is 0 Å². The first-order valence-corrected chi connectivity index (χ1v) is 4.18. The van der Waals surface area contributed by atoms with Gasteiger partial charge in [0.2, 0.25) is 11.8 Å². The van der Waals surface area contributed by atoms with E-state index in [4.69, 9.17) is 0 Å². The van der Waals surface area contributed by atoms with Crippen LogP contribution < -0.4 is 5.43 Å². The van der Waals surface area contributed by atoms with Crippen LogP contribution in [0.1, 0.15) is 19.3 Å². The first-order valence-electron chi connectivity index (χ1n) is 4.18. The van der Waals surface area contributed by atoms with E-state index in [-0.39, 0.29) is 37.6 Å². The second-order valence-corrected chi connectivity index (χ2v) is 2.92. The molecular weight excluding hydrogens is 188 g/mol. The molecule has 0 aromatic carbocycles. The van der Waals surface area contributed by atoms with Crippen molar-refractivity contribution in [2.24, 2.45) is 0 Å². The van der Waals surface area contributed by atoms with Crippen molar-refractivity contribution in [1.29, 1.82) is 0 Å². The standard InChI is InChI=1S/C8H10N2O4/c11-4-3-6(12)5-10-8(14)2-1-7(13)9-10/h4H,1-3,5H2,(H,9,13). The Morgan fingerprint density at radius 2 is 2.14 bits per heavy atom. The second kappa shape index (κ2) is 4.50. The van der Waals surface area contributed by atoms with Gasteiger partial charge in [-0.05, 0) is 0 Å². The maximum Gasteiger partial charge on any atom is 0.241 e. The Kier molecular flexibility index (Phi) is 3.33. The number of hydrogen-bond acceptors (Lipinski definition) is 4. The fourth-order valence-corrected chi connectivity index (χ4v) is 1.09. The van der Waals surface area contributed by atoms with E-state index in [9.17, 15) is 19.2 Å². The second-order valence-electron chi connectivity index (χ2n) is 2.92. The number of Topliss-reactive ketones (excluding diaryl/α,β-unsaturated/α-hetero) is 1. The van der Waals surface area contributed by atoms with Gasteiger partial charge in [0.05, 0.1) is 6.42 Å². The summed E-state index contributed by atoms with van der Waals surface area (Å²) in [5.74, 6) is -0.983. The number of carbonyl (C=O) groups excluding carboxylic acids is 4. The molecule has 1 rings (SSSR count). The van der Waals surface area contributed by atoms with Gasteiger partial charge < -0.3 is 4.79 Å². The summed E-state index contributed by atoms with van der Waals surface area (Å²) in [6, 6.07) is 0. The number of hydrazine groups is 1. The number of ketones is 1. The van der Waals surface area contributed by atoms with Crippen molar-refractivity contribution in [1.82, 2.24) is 10.4 Å². The van der Waals surface area contributed by atoms with Crippen molar-refractivity contribution in [3.05, 3.63) is 0 Å². The molecule has 0 aromatic rings. The molecule has 1 N–H and O–H groups in total. The van der Waals surface area contributed by atoms with E-state index in [0.29, 0.717) is 6.29 Å². The van der Waals surface area contributed by atoms with Gasteiger partial charge in [-0.1, -0.05) is 0 Å². The third-order valence-corrected chi connectivity index (χ3v) is 1.77. The third-order valence-electron chi connectivity index (χ3n) is 1.77. The molecule has 1 heterocycles. The summed E-state index contributed by atoms with van der Waals surface area (Å²) in [6.07, 6.45) is 0.496. The molecule has 0 aliphatic carbocycles. The van der Waals surface area contributed by atoms with Gasteiger partial charge in [0.25, 0.3) is 0 Å². The largest absolute Gasteiger partial charge is 0.303 e. The molecule has 6 nitrogen and oxygen atoms in total. The highest BCUT2D eigenvalue weighted by Gasteiger charge is 2.24. The van der Waals surface area contributed by atoms with Gasteiger partial charge in [0, 0.05) is 12.8 Å². The third kappa shape index (κ3) is 2.65. The lowest BCUT2D eigenvalue weighted by Crippen LogP contribution is -2.52. The molecule has 0 spiro atoms. The Balaban J connectivity index is 2.49. The van der Waals surface area contributed by atoms with Crippen molar-refractivity contribution in [3.63, 3.8) is 0 Å². The average Bonchev–Trinajstić information content (AvgIpc) is 2.12. The molecule has 0 aromatic heterocycles. The Hall–Kier alpha value is -1.72. The smallest absolute Gasteiger partial charge is 0.241 e. The minimum Gasteiger partial charge on any atom is -0.303 e. The molecule has 6 heteroatoms. The Morgan fingerprint density at radius 3 is 2.79 bits per heavy atom. The van der Waals surface area contributed by atoms with E-state index < -0.39 is 5.78 Å². The molecule has 0 bridgehead atoms. The highest BCUT2D eigenvalue weighted by molar-refractivity contribution is 5.95. The molecule has 0 radical (unpaired) electrons. The molecular formula is C8H10N2O4. The van der Waals surface area contributed by atoms with Gasteiger partial charge in [-0.2, -0.15) is 0 Å². The van der Waals surface area contributed by atoms with Crippen molar-refractivity contribution >= 4 is 23.9 Å². The predicted octanol–water partition coefficient (Wildman–Crippen LogP) is -1.20. The van der Waals surface area contributed by atoms with E-state index in [1.165, 1.54) is 0 Å². The molecule has 0 saturated carbocycles. The zero-order chi connectivity index (χ0) is 10.6. The van der Waals surface area contributed by atoms with Crippen LogP contribution >= 0.6 is 0 Å². The number of nitrogens with one attached hydrogen (secondary N) is 1. The van der Waals surface area contributed by atoms with Crippen LogP contribution in [0.2, 0.25) is 0 Å². The van der Waals surface area contributed by atoms with E-state index in [1.54, 1.807) is 0 Å². The van der Waals surface area contributed by atoms with Crippen molar-refractivity contribution in [3.8, 4) is 0 Å². The number of hydrogen-bond donors (Lipinski definition) is 1. The first kappa shape index (κ1) is 10.4. The highest BCUT2D eigenvalue weighted by atomic mass is 16.2. The van der Waals surface area contributed by atoms with E-state index in [0.717, 1.165) is 5.01 Å². The maximum absolute atomic E-state index is 11.2. The number of aldehydes is 1. The topological polar surface area (TPSA) is 83.6 Å². The van der Waals surface area contributed by atoms with Crippen molar-refractivity contribution in [2.75, 3.05) is 6.54 Å². The van der Waals surface area contributed by atoms with Crippen LogP contribution in [0.15, 0.2) is 0 Å². The minimum absolute atomic E-state index is 0.111. The molecule has 2 amide bonds. The van der Waals surface area contributed by atoms with Gasteiger partial charge >= 0.3 is 0 Å². The number of rotatable bonds is 4. The highest BCUT2D eigenvalue weighted by Crippen LogP contribution is 2.03. The molecule has 76 valence electrons. The SMILES string of the molecule is O=CCC(=O)CN1NC(=O)CCC1=O. The van der Waals surface area contributed by atoms with Crippen LogP contribution in [0.4, 0.5) is 0 Å². The lowest BCUT2D eigenvalue weighted by molar-refractivity contribution is -0.149. The van der Waals surface area contributed by atoms with Gasteiger partial charge in [-0.3, -0.25) is 19.8 Å². The summed E-state index contributed by atoms with van der Waals surface area (Å²) in [5.41, 5.74) is 2.26. The van der Waals surface area contributed by atoms with Crippen LogP contribution in [0.5, 0.6) is 0 Å². The molecule has 0 atom stereocenters. The fourth-order valence-electron chi connectivity index (χ4n) is 1.09. The van der Waals surface area contributed by atoms with E-state index in [1.807, 2.05) is 0 Å². The van der Waals surface area contributed by atoms with Crippen LogP contribution in [0, 0.1) is 0 Å². The zero-order valence-electron chi connectivity index (χ0n) is 7.49. The summed E-state index contributed by atoms with van der Waals surface area (Å²) >= 11 is 0. The summed E-state index contributed by atoms with van der Waals surface area (Å²) < 4.78 is 0. The predicted molar refractivity (Wildman–Crippen MR) is 44.8 cm³/mol. The number of carbonyl (C=O) groups is 4. The van der Waals surface area contributed by atoms with Gasteiger partial charge in [-0.15, -0.1) is 0 Å². The fraction of sp³-hybridized carbons (Fsp3) is 0.500. The van der Waals surface area contributed by atoms with Crippen LogP contribution in [-0.2, 0) is 19.2 Å². The molecule has 1 aliphatic rings.